The lowest BCUT2D eigenvalue weighted by Crippen LogP contribution is -2.22. The molecule has 0 saturated heterocycles. The fourth-order valence-electron chi connectivity index (χ4n) is 4.20. The minimum Gasteiger partial charge on any atom is -0.497 e. The van der Waals surface area contributed by atoms with Gasteiger partial charge in [0.2, 0.25) is 0 Å². The number of ether oxygens (including phenoxy) is 2. The first-order valence-electron chi connectivity index (χ1n) is 11.9. The van der Waals surface area contributed by atoms with E-state index in [0.717, 1.165) is 28.3 Å². The van der Waals surface area contributed by atoms with Crippen LogP contribution in [0.15, 0.2) is 85.1 Å². The van der Waals surface area contributed by atoms with E-state index < -0.39 is 0 Å². The summed E-state index contributed by atoms with van der Waals surface area (Å²) in [6.45, 7) is 4.59. The van der Waals surface area contributed by atoms with Crippen LogP contribution in [0.5, 0.6) is 11.5 Å². The van der Waals surface area contributed by atoms with Gasteiger partial charge in [-0.25, -0.2) is 4.68 Å². The SMILES string of the molecule is CCOc1ccc(NC(=O)c2cnn3c2NC(c2ccc(OC)cc2)=CC3c2ccc(C)cc2)cc1. The van der Waals surface area contributed by atoms with Crippen LogP contribution in [0.25, 0.3) is 5.70 Å². The molecule has 182 valence electrons. The van der Waals surface area contributed by atoms with Gasteiger partial charge in [-0.1, -0.05) is 29.8 Å². The van der Waals surface area contributed by atoms with E-state index in [4.69, 9.17) is 9.47 Å². The molecular formula is C29H28N4O3. The molecule has 1 aliphatic rings. The van der Waals surface area contributed by atoms with Crippen LogP contribution >= 0.6 is 0 Å². The Bertz CT molecular complexity index is 1390. The highest BCUT2D eigenvalue weighted by molar-refractivity contribution is 6.08. The molecule has 7 nitrogen and oxygen atoms in total. The first kappa shape index (κ1) is 23.2. The van der Waals surface area contributed by atoms with Crippen molar-refractivity contribution in [2.24, 2.45) is 0 Å². The molecule has 2 heterocycles. The Morgan fingerprint density at radius 3 is 2.36 bits per heavy atom. The van der Waals surface area contributed by atoms with Crippen LogP contribution in [0.2, 0.25) is 0 Å². The third-order valence-electron chi connectivity index (χ3n) is 6.12. The van der Waals surface area contributed by atoms with Crippen molar-refractivity contribution in [3.63, 3.8) is 0 Å². The molecule has 0 bridgehead atoms. The molecule has 0 spiro atoms. The Labute approximate surface area is 210 Å². The van der Waals surface area contributed by atoms with Gasteiger partial charge in [0.1, 0.15) is 22.9 Å². The van der Waals surface area contributed by atoms with Gasteiger partial charge < -0.3 is 20.1 Å². The number of rotatable bonds is 7. The van der Waals surface area contributed by atoms with E-state index in [0.29, 0.717) is 23.7 Å². The molecule has 1 aliphatic heterocycles. The smallest absolute Gasteiger partial charge is 0.261 e. The molecule has 3 aromatic carbocycles. The number of amides is 1. The lowest BCUT2D eigenvalue weighted by Gasteiger charge is -2.26. The Kier molecular flexibility index (Phi) is 6.45. The van der Waals surface area contributed by atoms with Crippen LogP contribution in [0, 0.1) is 6.92 Å². The van der Waals surface area contributed by atoms with Crippen LogP contribution in [0.1, 0.15) is 40.0 Å². The van der Waals surface area contributed by atoms with E-state index in [9.17, 15) is 4.79 Å². The number of nitrogens with one attached hydrogen (secondary N) is 2. The summed E-state index contributed by atoms with van der Waals surface area (Å²) in [6, 6.07) is 23.3. The minimum absolute atomic E-state index is 0.175. The number of carbonyl (C=O) groups excluding carboxylic acids is 1. The van der Waals surface area contributed by atoms with Gasteiger partial charge in [0.15, 0.2) is 0 Å². The minimum atomic E-state index is -0.244. The Balaban J connectivity index is 1.49. The second-order valence-corrected chi connectivity index (χ2v) is 8.55. The van der Waals surface area contributed by atoms with Gasteiger partial charge in [-0.05, 0) is 79.6 Å². The van der Waals surface area contributed by atoms with Crippen molar-refractivity contribution < 1.29 is 14.3 Å². The fourth-order valence-corrected chi connectivity index (χ4v) is 4.20. The van der Waals surface area contributed by atoms with Crippen LogP contribution in [0.3, 0.4) is 0 Å². The molecule has 0 fully saturated rings. The normalized spacial score (nSPS) is 14.3. The maximum absolute atomic E-state index is 13.3. The van der Waals surface area contributed by atoms with E-state index in [-0.39, 0.29) is 11.9 Å². The number of fused-ring (bicyclic) bond motifs is 1. The predicted molar refractivity (Wildman–Crippen MR) is 142 cm³/mol. The van der Waals surface area contributed by atoms with E-state index in [1.54, 1.807) is 13.3 Å². The molecule has 36 heavy (non-hydrogen) atoms. The highest BCUT2D eigenvalue weighted by Gasteiger charge is 2.28. The third kappa shape index (κ3) is 4.68. The van der Waals surface area contributed by atoms with Crippen molar-refractivity contribution in [1.82, 2.24) is 9.78 Å². The van der Waals surface area contributed by atoms with E-state index in [1.807, 2.05) is 60.1 Å². The highest BCUT2D eigenvalue weighted by atomic mass is 16.5. The summed E-state index contributed by atoms with van der Waals surface area (Å²) in [6.07, 6.45) is 3.73. The fraction of sp³-hybridized carbons (Fsp3) is 0.172. The van der Waals surface area contributed by atoms with Gasteiger partial charge in [0.25, 0.3) is 5.91 Å². The van der Waals surface area contributed by atoms with Crippen LogP contribution < -0.4 is 20.1 Å². The molecule has 7 heteroatoms. The number of aryl methyl sites for hydroxylation is 1. The number of aromatic nitrogens is 2. The molecule has 4 aromatic rings. The summed E-state index contributed by atoms with van der Waals surface area (Å²) in [5.74, 6) is 1.94. The maximum atomic E-state index is 13.3. The Morgan fingerprint density at radius 2 is 1.69 bits per heavy atom. The Hall–Kier alpha value is -4.52. The number of methoxy groups -OCH3 is 1. The standard InChI is InChI=1S/C29H28N4O3/c1-4-36-24-15-11-22(12-16-24)31-29(34)25-18-30-33-27(21-7-5-19(2)6-8-21)17-26(32-28(25)33)20-9-13-23(35-3)14-10-20/h5-18,27,32H,4H2,1-3H3,(H,31,34). The summed E-state index contributed by atoms with van der Waals surface area (Å²) < 4.78 is 12.7. The third-order valence-corrected chi connectivity index (χ3v) is 6.12. The molecular weight excluding hydrogens is 452 g/mol. The van der Waals surface area contributed by atoms with E-state index >= 15 is 0 Å². The molecule has 1 unspecified atom stereocenters. The van der Waals surface area contributed by atoms with Crippen LogP contribution in [-0.4, -0.2) is 29.4 Å². The number of benzene rings is 3. The summed E-state index contributed by atoms with van der Waals surface area (Å²) >= 11 is 0. The van der Waals surface area contributed by atoms with Gasteiger partial charge in [-0.3, -0.25) is 4.79 Å². The molecule has 1 aromatic heterocycles. The van der Waals surface area contributed by atoms with E-state index in [2.05, 4.69) is 53.0 Å². The first-order chi connectivity index (χ1) is 17.6. The number of allylic oxidation sites excluding steroid dienone is 1. The molecule has 1 amide bonds. The maximum Gasteiger partial charge on any atom is 0.261 e. The summed E-state index contributed by atoms with van der Waals surface area (Å²) in [4.78, 5) is 13.3. The zero-order valence-corrected chi connectivity index (χ0v) is 20.5. The molecule has 1 atom stereocenters. The van der Waals surface area contributed by atoms with Crippen molar-refractivity contribution >= 4 is 23.1 Å². The van der Waals surface area contributed by atoms with Gasteiger partial charge >= 0.3 is 0 Å². The largest absolute Gasteiger partial charge is 0.497 e. The molecule has 5 rings (SSSR count). The highest BCUT2D eigenvalue weighted by Crippen LogP contribution is 2.36. The van der Waals surface area contributed by atoms with Crippen LogP contribution in [-0.2, 0) is 0 Å². The average Bonchev–Trinajstić information content (AvgIpc) is 3.34. The Morgan fingerprint density at radius 1 is 1.00 bits per heavy atom. The van der Waals surface area contributed by atoms with Crippen LogP contribution in [0.4, 0.5) is 11.5 Å². The van der Waals surface area contributed by atoms with E-state index in [1.165, 1.54) is 5.56 Å². The lowest BCUT2D eigenvalue weighted by molar-refractivity contribution is 0.102. The number of hydrogen-bond donors (Lipinski definition) is 2. The summed E-state index contributed by atoms with van der Waals surface area (Å²) in [5.41, 5.74) is 5.28. The van der Waals surface area contributed by atoms with Gasteiger partial charge in [-0.15, -0.1) is 0 Å². The second-order valence-electron chi connectivity index (χ2n) is 8.55. The van der Waals surface area contributed by atoms with Gasteiger partial charge in [-0.2, -0.15) is 5.10 Å². The average molecular weight is 481 g/mol. The summed E-state index contributed by atoms with van der Waals surface area (Å²) in [5, 5.41) is 11.0. The topological polar surface area (TPSA) is 77.4 Å². The summed E-state index contributed by atoms with van der Waals surface area (Å²) in [7, 11) is 1.65. The van der Waals surface area contributed by atoms with Gasteiger partial charge in [0.05, 0.1) is 26.0 Å². The number of carbonyl (C=O) groups is 1. The quantitative estimate of drug-likeness (QED) is 0.344. The van der Waals surface area contributed by atoms with Crippen molar-refractivity contribution in [3.8, 4) is 11.5 Å². The van der Waals surface area contributed by atoms with Crippen molar-refractivity contribution in [3.05, 3.63) is 107 Å². The molecule has 0 radical (unpaired) electrons. The second kappa shape index (κ2) is 10.00. The number of anilines is 2. The molecule has 0 aliphatic carbocycles. The zero-order chi connectivity index (χ0) is 25.1. The molecule has 2 N–H and O–H groups in total. The number of hydrogen-bond acceptors (Lipinski definition) is 5. The van der Waals surface area contributed by atoms with Gasteiger partial charge in [0, 0.05) is 11.4 Å². The monoisotopic (exact) mass is 480 g/mol. The zero-order valence-electron chi connectivity index (χ0n) is 20.5. The molecule has 0 saturated carbocycles. The lowest BCUT2D eigenvalue weighted by atomic mass is 10.00. The van der Waals surface area contributed by atoms with Crippen molar-refractivity contribution in [2.45, 2.75) is 19.9 Å². The number of nitrogens with zero attached hydrogens (tertiary/aromatic N) is 2. The first-order valence-corrected chi connectivity index (χ1v) is 11.9. The van der Waals surface area contributed by atoms with Crippen molar-refractivity contribution in [2.75, 3.05) is 24.4 Å². The van der Waals surface area contributed by atoms with Crippen molar-refractivity contribution in [1.29, 1.82) is 0 Å². The predicted octanol–water partition coefficient (Wildman–Crippen LogP) is 5.91.